The third-order valence-corrected chi connectivity index (χ3v) is 3.09. The quantitative estimate of drug-likeness (QED) is 0.779. The zero-order valence-electron chi connectivity index (χ0n) is 11.8. The normalized spacial score (nSPS) is 14.2. The maximum absolute atomic E-state index is 12.1. The monoisotopic (exact) mass is 243 g/mol. The zero-order chi connectivity index (χ0) is 13.9. The molecule has 0 aliphatic heterocycles. The van der Waals surface area contributed by atoms with Crippen LogP contribution in [-0.4, -0.2) is 22.5 Å². The molecule has 0 fully saturated rings. The van der Waals surface area contributed by atoms with Gasteiger partial charge in [-0.15, -0.1) is 0 Å². The Kier molecular flexibility index (Phi) is 5.17. The Balaban J connectivity index is 4.83. The van der Waals surface area contributed by atoms with Gasteiger partial charge in [0.15, 0.2) is 0 Å². The highest BCUT2D eigenvalue weighted by atomic mass is 16.4. The molecule has 0 aromatic rings. The van der Waals surface area contributed by atoms with E-state index >= 15 is 0 Å². The zero-order valence-corrected chi connectivity index (χ0v) is 11.8. The minimum Gasteiger partial charge on any atom is -0.481 e. The average Bonchev–Trinajstić information content (AvgIpc) is 2.11. The molecule has 4 nitrogen and oxygen atoms in total. The lowest BCUT2D eigenvalue weighted by Gasteiger charge is -2.33. The highest BCUT2D eigenvalue weighted by Gasteiger charge is 2.35. The van der Waals surface area contributed by atoms with Crippen LogP contribution in [0.15, 0.2) is 0 Å². The van der Waals surface area contributed by atoms with E-state index in [0.29, 0.717) is 0 Å². The topological polar surface area (TPSA) is 66.4 Å². The lowest BCUT2D eigenvalue weighted by Crippen LogP contribution is -2.48. The Hall–Kier alpha value is -1.06. The minimum absolute atomic E-state index is 0.130. The Labute approximate surface area is 104 Å². The highest BCUT2D eigenvalue weighted by molar-refractivity contribution is 5.84. The number of nitrogens with one attached hydrogen (secondary N) is 1. The maximum Gasteiger partial charge on any atom is 0.304 e. The third-order valence-electron chi connectivity index (χ3n) is 3.09. The van der Waals surface area contributed by atoms with Crippen molar-refractivity contribution in [3.63, 3.8) is 0 Å². The second-order valence-corrected chi connectivity index (χ2v) is 6.24. The molecule has 17 heavy (non-hydrogen) atoms. The van der Waals surface area contributed by atoms with Crippen molar-refractivity contribution in [2.75, 3.05) is 0 Å². The van der Waals surface area contributed by atoms with Gasteiger partial charge in [-0.25, -0.2) is 0 Å². The molecule has 0 radical (unpaired) electrons. The van der Waals surface area contributed by atoms with E-state index in [2.05, 4.69) is 5.32 Å². The van der Waals surface area contributed by atoms with Gasteiger partial charge in [0.2, 0.25) is 5.91 Å². The second-order valence-electron chi connectivity index (χ2n) is 6.24. The number of carbonyl (C=O) groups excluding carboxylic acids is 1. The number of aliphatic carboxylic acids is 1. The first kappa shape index (κ1) is 15.9. The third kappa shape index (κ3) is 5.71. The lowest BCUT2D eigenvalue weighted by molar-refractivity contribution is -0.144. The first-order valence-corrected chi connectivity index (χ1v) is 6.03. The fourth-order valence-corrected chi connectivity index (χ4v) is 1.48. The highest BCUT2D eigenvalue weighted by Crippen LogP contribution is 2.29. The molecule has 0 heterocycles. The second kappa shape index (κ2) is 5.52. The predicted molar refractivity (Wildman–Crippen MR) is 67.7 cm³/mol. The summed E-state index contributed by atoms with van der Waals surface area (Å²) in [6.07, 6.45) is 0.678. The summed E-state index contributed by atoms with van der Waals surface area (Å²) < 4.78 is 0. The summed E-state index contributed by atoms with van der Waals surface area (Å²) in [6, 6.07) is 0. The van der Waals surface area contributed by atoms with Gasteiger partial charge in [0.05, 0.1) is 12.3 Å². The van der Waals surface area contributed by atoms with Gasteiger partial charge in [0.1, 0.15) is 0 Å². The molecule has 0 saturated heterocycles. The van der Waals surface area contributed by atoms with Crippen LogP contribution < -0.4 is 5.32 Å². The molecule has 2 N–H and O–H groups in total. The van der Waals surface area contributed by atoms with Gasteiger partial charge < -0.3 is 10.4 Å². The molecule has 0 aliphatic rings. The van der Waals surface area contributed by atoms with Crippen molar-refractivity contribution in [3.8, 4) is 0 Å². The van der Waals surface area contributed by atoms with E-state index in [9.17, 15) is 9.59 Å². The molecule has 0 aromatic carbocycles. The van der Waals surface area contributed by atoms with Gasteiger partial charge in [-0.2, -0.15) is 0 Å². The molecule has 0 saturated carbocycles. The minimum atomic E-state index is -0.936. The Morgan fingerprint density at radius 2 is 1.65 bits per heavy atom. The standard InChI is InChI=1S/C13H25NO3/c1-7-13(5,6)14-11(17)9(8-10(15)16)12(2,3)4/h9H,7-8H2,1-6H3,(H,14,17)(H,15,16). The van der Waals surface area contributed by atoms with E-state index in [1.54, 1.807) is 0 Å². The molecule has 0 spiro atoms. The number of carbonyl (C=O) groups is 2. The van der Waals surface area contributed by atoms with Gasteiger partial charge in [0, 0.05) is 5.54 Å². The van der Waals surface area contributed by atoms with Crippen LogP contribution in [0.1, 0.15) is 54.4 Å². The van der Waals surface area contributed by atoms with Crippen LogP contribution in [-0.2, 0) is 9.59 Å². The summed E-state index contributed by atoms with van der Waals surface area (Å²) in [5.74, 6) is -1.62. The van der Waals surface area contributed by atoms with Crippen molar-refractivity contribution < 1.29 is 14.7 Å². The maximum atomic E-state index is 12.1. The number of hydrogen-bond donors (Lipinski definition) is 2. The van der Waals surface area contributed by atoms with Crippen LogP contribution in [0.3, 0.4) is 0 Å². The molecule has 0 bridgehead atoms. The van der Waals surface area contributed by atoms with Gasteiger partial charge >= 0.3 is 5.97 Å². The number of hydrogen-bond acceptors (Lipinski definition) is 2. The van der Waals surface area contributed by atoms with Crippen molar-refractivity contribution in [1.29, 1.82) is 0 Å². The van der Waals surface area contributed by atoms with Gasteiger partial charge in [-0.3, -0.25) is 9.59 Å². The largest absolute Gasteiger partial charge is 0.481 e. The van der Waals surface area contributed by atoms with E-state index in [4.69, 9.17) is 5.11 Å². The summed E-state index contributed by atoms with van der Waals surface area (Å²) in [5.41, 5.74) is -0.647. The lowest BCUT2D eigenvalue weighted by atomic mass is 9.77. The molecular formula is C13H25NO3. The van der Waals surface area contributed by atoms with Crippen molar-refractivity contribution in [2.45, 2.75) is 59.9 Å². The average molecular weight is 243 g/mol. The van der Waals surface area contributed by atoms with E-state index in [-0.39, 0.29) is 23.3 Å². The summed E-state index contributed by atoms with van der Waals surface area (Å²) in [5, 5.41) is 11.8. The van der Waals surface area contributed by atoms with Crippen LogP contribution in [0.4, 0.5) is 0 Å². The van der Waals surface area contributed by atoms with Crippen LogP contribution >= 0.6 is 0 Å². The molecule has 1 amide bonds. The molecule has 0 aromatic heterocycles. The van der Waals surface area contributed by atoms with Crippen LogP contribution in [0.5, 0.6) is 0 Å². The smallest absolute Gasteiger partial charge is 0.304 e. The summed E-state index contributed by atoms with van der Waals surface area (Å²) in [4.78, 5) is 22.9. The SMILES string of the molecule is CCC(C)(C)NC(=O)C(CC(=O)O)C(C)(C)C. The first-order valence-electron chi connectivity index (χ1n) is 6.03. The van der Waals surface area contributed by atoms with E-state index in [0.717, 1.165) is 6.42 Å². The van der Waals surface area contributed by atoms with Crippen molar-refractivity contribution >= 4 is 11.9 Å². The van der Waals surface area contributed by atoms with Gasteiger partial charge in [-0.1, -0.05) is 27.7 Å². The molecule has 1 unspecified atom stereocenters. The number of rotatable bonds is 5. The van der Waals surface area contributed by atoms with Gasteiger partial charge in [0.25, 0.3) is 0 Å². The number of carboxylic acids is 1. The van der Waals surface area contributed by atoms with Crippen LogP contribution in [0.25, 0.3) is 0 Å². The Morgan fingerprint density at radius 3 is 1.94 bits per heavy atom. The molecular weight excluding hydrogens is 218 g/mol. The van der Waals surface area contributed by atoms with Gasteiger partial charge in [-0.05, 0) is 25.7 Å². The summed E-state index contributed by atoms with van der Waals surface area (Å²) in [6.45, 7) is 11.5. The van der Waals surface area contributed by atoms with Crippen LogP contribution in [0.2, 0.25) is 0 Å². The fourth-order valence-electron chi connectivity index (χ4n) is 1.48. The Bertz CT molecular complexity index is 290. The van der Waals surface area contributed by atoms with E-state index < -0.39 is 11.9 Å². The van der Waals surface area contributed by atoms with Crippen molar-refractivity contribution in [3.05, 3.63) is 0 Å². The molecule has 4 heteroatoms. The van der Waals surface area contributed by atoms with Crippen LogP contribution in [0, 0.1) is 11.3 Å². The van der Waals surface area contributed by atoms with E-state index in [1.807, 2.05) is 41.5 Å². The Morgan fingerprint density at radius 1 is 1.18 bits per heavy atom. The molecule has 0 rings (SSSR count). The first-order chi connectivity index (χ1) is 7.49. The van der Waals surface area contributed by atoms with E-state index in [1.165, 1.54) is 0 Å². The van der Waals surface area contributed by atoms with Crippen molar-refractivity contribution in [2.24, 2.45) is 11.3 Å². The summed E-state index contributed by atoms with van der Waals surface area (Å²) >= 11 is 0. The predicted octanol–water partition coefficient (Wildman–Crippen LogP) is 2.43. The number of amides is 1. The molecule has 100 valence electrons. The van der Waals surface area contributed by atoms with Crippen molar-refractivity contribution in [1.82, 2.24) is 5.32 Å². The number of carboxylic acid groups (broad SMARTS) is 1. The fraction of sp³-hybridized carbons (Fsp3) is 0.846. The molecule has 1 atom stereocenters. The molecule has 0 aliphatic carbocycles. The summed E-state index contributed by atoms with van der Waals surface area (Å²) in [7, 11) is 0.